The van der Waals surface area contributed by atoms with Crippen LogP contribution < -0.4 is 0 Å². The van der Waals surface area contributed by atoms with Crippen molar-refractivity contribution in [2.45, 2.75) is 70.7 Å². The van der Waals surface area contributed by atoms with E-state index in [1.54, 1.807) is 0 Å². The van der Waals surface area contributed by atoms with Crippen LogP contribution in [0.5, 0.6) is 0 Å². The minimum atomic E-state index is -1.75. The molecular weight excluding hydrogens is 232 g/mol. The molecule has 0 saturated carbocycles. The first-order chi connectivity index (χ1) is 7.56. The fraction of sp³-hybridized carbons (Fsp3) is 0.923. The summed E-state index contributed by atoms with van der Waals surface area (Å²) in [5.74, 6) is -0.0856. The third-order valence-electron chi connectivity index (χ3n) is 3.99. The van der Waals surface area contributed by atoms with Gasteiger partial charge in [-0.1, -0.05) is 20.8 Å². The second-order valence-electron chi connectivity index (χ2n) is 6.83. The summed E-state index contributed by atoms with van der Waals surface area (Å²) in [5.41, 5.74) is -0.412. The molecule has 1 fully saturated rings. The molecule has 1 atom stereocenters. The zero-order valence-electron chi connectivity index (χ0n) is 12.1. The maximum atomic E-state index is 11.3. The summed E-state index contributed by atoms with van der Waals surface area (Å²) >= 11 is 0. The molecule has 1 aliphatic rings. The molecule has 17 heavy (non-hydrogen) atoms. The molecule has 0 aliphatic carbocycles. The largest absolute Gasteiger partial charge is 0.457 e. The van der Waals surface area contributed by atoms with Crippen LogP contribution in [0, 0.1) is 0 Å². The van der Waals surface area contributed by atoms with Crippen LogP contribution in [0.1, 0.15) is 47.0 Å². The minimum Gasteiger partial charge on any atom is -0.457 e. The summed E-state index contributed by atoms with van der Waals surface area (Å²) in [6.45, 7) is 13.6. The number of carbonyl (C=O) groups is 1. The number of hydrogen-bond acceptors (Lipinski definition) is 3. The van der Waals surface area contributed by atoms with Gasteiger partial charge >= 0.3 is 5.97 Å². The molecular formula is C13H26O3Si. The molecule has 1 aliphatic heterocycles. The standard InChI is InChI=1S/C13H26O3Si/c1-12(2,3)17(5,6)15-10-13(4)9-7-8-11(14)16-13/h7-10H2,1-6H3/t13-/m1/s1. The Morgan fingerprint density at radius 1 is 1.41 bits per heavy atom. The molecule has 0 spiro atoms. The van der Waals surface area contributed by atoms with Crippen molar-refractivity contribution in [1.82, 2.24) is 0 Å². The van der Waals surface area contributed by atoms with Crippen LogP contribution in [0.4, 0.5) is 0 Å². The van der Waals surface area contributed by atoms with Gasteiger partial charge in [0.25, 0.3) is 0 Å². The summed E-state index contributed by atoms with van der Waals surface area (Å²) in [4.78, 5) is 11.3. The average Bonchev–Trinajstić information content (AvgIpc) is 2.13. The lowest BCUT2D eigenvalue weighted by Crippen LogP contribution is -2.47. The third kappa shape index (κ3) is 3.81. The number of rotatable bonds is 3. The zero-order valence-corrected chi connectivity index (χ0v) is 13.1. The topological polar surface area (TPSA) is 35.5 Å². The molecule has 4 heteroatoms. The lowest BCUT2D eigenvalue weighted by molar-refractivity contribution is -0.168. The normalized spacial score (nSPS) is 26.8. The van der Waals surface area contributed by atoms with Gasteiger partial charge in [0.2, 0.25) is 0 Å². The number of esters is 1. The van der Waals surface area contributed by atoms with Gasteiger partial charge in [-0.2, -0.15) is 0 Å². The fourth-order valence-electron chi connectivity index (χ4n) is 1.63. The van der Waals surface area contributed by atoms with E-state index in [0.717, 1.165) is 12.8 Å². The van der Waals surface area contributed by atoms with Gasteiger partial charge in [-0.25, -0.2) is 0 Å². The molecule has 1 heterocycles. The smallest absolute Gasteiger partial charge is 0.306 e. The highest BCUT2D eigenvalue weighted by molar-refractivity contribution is 6.74. The van der Waals surface area contributed by atoms with Crippen LogP contribution >= 0.6 is 0 Å². The molecule has 0 N–H and O–H groups in total. The van der Waals surface area contributed by atoms with Crippen molar-refractivity contribution in [2.75, 3.05) is 6.61 Å². The highest BCUT2D eigenvalue weighted by Crippen LogP contribution is 2.38. The maximum Gasteiger partial charge on any atom is 0.306 e. The quantitative estimate of drug-likeness (QED) is 0.574. The Labute approximate surface area is 106 Å². The average molecular weight is 258 g/mol. The van der Waals surface area contributed by atoms with Gasteiger partial charge in [0, 0.05) is 6.42 Å². The predicted molar refractivity (Wildman–Crippen MR) is 71.5 cm³/mol. The van der Waals surface area contributed by atoms with Crippen molar-refractivity contribution < 1.29 is 14.0 Å². The third-order valence-corrected chi connectivity index (χ3v) is 8.47. The molecule has 3 nitrogen and oxygen atoms in total. The molecule has 0 aromatic carbocycles. The lowest BCUT2D eigenvalue weighted by Gasteiger charge is -2.40. The van der Waals surface area contributed by atoms with Crippen LogP contribution in [0.25, 0.3) is 0 Å². The van der Waals surface area contributed by atoms with E-state index in [-0.39, 0.29) is 11.0 Å². The Hall–Kier alpha value is -0.353. The van der Waals surface area contributed by atoms with E-state index in [1.165, 1.54) is 0 Å². The minimum absolute atomic E-state index is 0.0856. The van der Waals surface area contributed by atoms with Crippen molar-refractivity contribution in [3.63, 3.8) is 0 Å². The summed E-state index contributed by atoms with van der Waals surface area (Å²) < 4.78 is 11.6. The number of carbonyl (C=O) groups excluding carboxylic acids is 1. The highest BCUT2D eigenvalue weighted by atomic mass is 28.4. The number of ether oxygens (including phenoxy) is 1. The Morgan fingerprint density at radius 3 is 2.47 bits per heavy atom. The molecule has 0 bridgehead atoms. The molecule has 1 saturated heterocycles. The number of hydrogen-bond donors (Lipinski definition) is 0. The van der Waals surface area contributed by atoms with Crippen molar-refractivity contribution in [3.8, 4) is 0 Å². The van der Waals surface area contributed by atoms with Gasteiger partial charge in [-0.3, -0.25) is 4.79 Å². The van der Waals surface area contributed by atoms with Crippen molar-refractivity contribution in [2.24, 2.45) is 0 Å². The second kappa shape index (κ2) is 4.73. The number of cyclic esters (lactones) is 1. The zero-order chi connectivity index (χ0) is 13.3. The lowest BCUT2D eigenvalue weighted by atomic mass is 9.97. The van der Waals surface area contributed by atoms with Crippen LogP contribution in [-0.2, 0) is 14.0 Å². The summed E-state index contributed by atoms with van der Waals surface area (Å²) in [6, 6.07) is 0. The van der Waals surface area contributed by atoms with Gasteiger partial charge in [0.05, 0.1) is 6.61 Å². The molecule has 0 aromatic heterocycles. The highest BCUT2D eigenvalue weighted by Gasteiger charge is 2.41. The summed E-state index contributed by atoms with van der Waals surface area (Å²) in [7, 11) is -1.75. The van der Waals surface area contributed by atoms with Crippen LogP contribution in [0.2, 0.25) is 18.1 Å². The SMILES string of the molecule is CC(C)(C)[Si](C)(C)OC[C@@]1(C)CCCC(=O)O1. The first kappa shape index (κ1) is 14.7. The Morgan fingerprint density at radius 2 is 2.00 bits per heavy atom. The van der Waals surface area contributed by atoms with Gasteiger partial charge in [0.15, 0.2) is 8.32 Å². The second-order valence-corrected chi connectivity index (χ2v) is 11.6. The monoisotopic (exact) mass is 258 g/mol. The van der Waals surface area contributed by atoms with Crippen LogP contribution in [0.3, 0.4) is 0 Å². The van der Waals surface area contributed by atoms with E-state index in [2.05, 4.69) is 33.9 Å². The van der Waals surface area contributed by atoms with Crippen molar-refractivity contribution >= 4 is 14.3 Å². The van der Waals surface area contributed by atoms with Gasteiger partial charge in [-0.15, -0.1) is 0 Å². The first-order valence-corrected chi connectivity index (χ1v) is 9.32. The van der Waals surface area contributed by atoms with Crippen molar-refractivity contribution in [1.29, 1.82) is 0 Å². The van der Waals surface area contributed by atoms with Gasteiger partial charge in [-0.05, 0) is 37.9 Å². The van der Waals surface area contributed by atoms with E-state index in [4.69, 9.17) is 9.16 Å². The van der Waals surface area contributed by atoms with E-state index in [9.17, 15) is 4.79 Å². The summed E-state index contributed by atoms with van der Waals surface area (Å²) in [6.07, 6.45) is 2.37. The van der Waals surface area contributed by atoms with Crippen LogP contribution in [-0.4, -0.2) is 26.5 Å². The Kier molecular flexibility index (Phi) is 4.09. The first-order valence-electron chi connectivity index (χ1n) is 6.42. The van der Waals surface area contributed by atoms with E-state index < -0.39 is 13.9 Å². The van der Waals surface area contributed by atoms with E-state index in [0.29, 0.717) is 13.0 Å². The molecule has 0 aromatic rings. The molecule has 0 amide bonds. The van der Waals surface area contributed by atoms with E-state index >= 15 is 0 Å². The predicted octanol–water partition coefficient (Wildman–Crippen LogP) is 3.49. The van der Waals surface area contributed by atoms with E-state index in [1.807, 2.05) is 6.92 Å². The fourth-order valence-corrected chi connectivity index (χ4v) is 2.73. The maximum absolute atomic E-state index is 11.3. The Bertz CT molecular complexity index is 294. The molecule has 100 valence electrons. The summed E-state index contributed by atoms with van der Waals surface area (Å²) in [5, 5.41) is 0.196. The Balaban J connectivity index is 2.58. The van der Waals surface area contributed by atoms with Crippen molar-refractivity contribution in [3.05, 3.63) is 0 Å². The molecule has 1 rings (SSSR count). The van der Waals surface area contributed by atoms with Gasteiger partial charge < -0.3 is 9.16 Å². The molecule has 0 unspecified atom stereocenters. The van der Waals surface area contributed by atoms with Gasteiger partial charge in [0.1, 0.15) is 5.60 Å². The molecule has 0 radical (unpaired) electrons. The van der Waals surface area contributed by atoms with Crippen LogP contribution in [0.15, 0.2) is 0 Å².